The highest BCUT2D eigenvalue weighted by Crippen LogP contribution is 2.28. The molecule has 0 fully saturated rings. The standard InChI is InChI=1S/C12H13NO4/c1-7-5-10(15)9(3-4-12(13)16)6-11(7)17-8(2)14/h3-6,15H,1-2H3,(H2,13,16)/b4-3+. The lowest BCUT2D eigenvalue weighted by molar-refractivity contribution is -0.131. The van der Waals surface area contributed by atoms with E-state index >= 15 is 0 Å². The molecule has 1 amide bonds. The summed E-state index contributed by atoms with van der Waals surface area (Å²) in [5.74, 6) is -0.766. The quantitative estimate of drug-likeness (QED) is 0.466. The van der Waals surface area contributed by atoms with E-state index in [2.05, 4.69) is 0 Å². The summed E-state index contributed by atoms with van der Waals surface area (Å²) in [6.07, 6.45) is 2.46. The number of aryl methyl sites for hydroxylation is 1. The van der Waals surface area contributed by atoms with Crippen LogP contribution in [-0.2, 0) is 9.59 Å². The number of carbonyl (C=O) groups is 2. The fourth-order valence-electron chi connectivity index (χ4n) is 1.26. The minimum atomic E-state index is -0.626. The normalized spacial score (nSPS) is 10.5. The Morgan fingerprint density at radius 1 is 1.41 bits per heavy atom. The van der Waals surface area contributed by atoms with Crippen molar-refractivity contribution in [2.45, 2.75) is 13.8 Å². The topological polar surface area (TPSA) is 89.6 Å². The second-order valence-corrected chi connectivity index (χ2v) is 3.51. The van der Waals surface area contributed by atoms with E-state index in [4.69, 9.17) is 10.5 Å². The van der Waals surface area contributed by atoms with E-state index in [1.165, 1.54) is 25.1 Å². The Morgan fingerprint density at radius 2 is 2.06 bits per heavy atom. The van der Waals surface area contributed by atoms with Crippen molar-refractivity contribution < 1.29 is 19.4 Å². The first kappa shape index (κ1) is 12.8. The predicted molar refractivity (Wildman–Crippen MR) is 62.4 cm³/mol. The summed E-state index contributed by atoms with van der Waals surface area (Å²) in [5, 5.41) is 9.62. The van der Waals surface area contributed by atoms with Crippen LogP contribution in [0, 0.1) is 6.92 Å². The average molecular weight is 235 g/mol. The first-order chi connectivity index (χ1) is 7.90. The number of hydrogen-bond acceptors (Lipinski definition) is 4. The molecule has 5 heteroatoms. The molecule has 1 aromatic rings. The van der Waals surface area contributed by atoms with Crippen molar-refractivity contribution in [3.63, 3.8) is 0 Å². The number of amides is 1. The summed E-state index contributed by atoms with van der Waals surface area (Å²) in [6, 6.07) is 2.91. The molecular formula is C12H13NO4. The van der Waals surface area contributed by atoms with Crippen LogP contribution in [0.5, 0.6) is 11.5 Å². The summed E-state index contributed by atoms with van der Waals surface area (Å²) in [4.78, 5) is 21.4. The van der Waals surface area contributed by atoms with Crippen molar-refractivity contribution in [1.82, 2.24) is 0 Å². The second-order valence-electron chi connectivity index (χ2n) is 3.51. The number of esters is 1. The van der Waals surface area contributed by atoms with Crippen molar-refractivity contribution in [1.29, 1.82) is 0 Å². The van der Waals surface area contributed by atoms with Gasteiger partial charge in [-0.05, 0) is 30.7 Å². The zero-order valence-corrected chi connectivity index (χ0v) is 9.56. The number of phenolic OH excluding ortho intramolecular Hbond substituents is 1. The molecule has 5 nitrogen and oxygen atoms in total. The van der Waals surface area contributed by atoms with Crippen LogP contribution >= 0.6 is 0 Å². The highest BCUT2D eigenvalue weighted by molar-refractivity contribution is 5.90. The molecule has 3 N–H and O–H groups in total. The SMILES string of the molecule is CC(=O)Oc1cc(/C=C/C(N)=O)c(O)cc1C. The highest BCUT2D eigenvalue weighted by atomic mass is 16.5. The van der Waals surface area contributed by atoms with Crippen molar-refractivity contribution in [3.05, 3.63) is 29.3 Å². The van der Waals surface area contributed by atoms with Crippen LogP contribution in [-0.4, -0.2) is 17.0 Å². The Balaban J connectivity index is 3.14. The maximum atomic E-state index is 10.9. The number of rotatable bonds is 3. The number of hydrogen-bond donors (Lipinski definition) is 2. The van der Waals surface area contributed by atoms with Crippen LogP contribution in [0.4, 0.5) is 0 Å². The lowest BCUT2D eigenvalue weighted by atomic mass is 10.1. The molecule has 1 aromatic carbocycles. The van der Waals surface area contributed by atoms with Gasteiger partial charge in [-0.1, -0.05) is 0 Å². The van der Waals surface area contributed by atoms with Gasteiger partial charge in [0, 0.05) is 18.6 Å². The van der Waals surface area contributed by atoms with Gasteiger partial charge in [0.25, 0.3) is 0 Å². The van der Waals surface area contributed by atoms with Crippen LogP contribution in [0.3, 0.4) is 0 Å². The van der Waals surface area contributed by atoms with Crippen LogP contribution in [0.1, 0.15) is 18.1 Å². The van der Waals surface area contributed by atoms with Crippen molar-refractivity contribution >= 4 is 18.0 Å². The van der Waals surface area contributed by atoms with E-state index in [-0.39, 0.29) is 5.75 Å². The lowest BCUT2D eigenvalue weighted by Crippen LogP contribution is -2.05. The van der Waals surface area contributed by atoms with Crippen molar-refractivity contribution in [2.75, 3.05) is 0 Å². The van der Waals surface area contributed by atoms with Gasteiger partial charge in [0.05, 0.1) is 0 Å². The van der Waals surface area contributed by atoms with Crippen molar-refractivity contribution in [2.24, 2.45) is 5.73 Å². The smallest absolute Gasteiger partial charge is 0.308 e. The Hall–Kier alpha value is -2.30. The molecule has 1 rings (SSSR count). The van der Waals surface area contributed by atoms with Gasteiger partial charge in [0.15, 0.2) is 0 Å². The molecule has 0 aliphatic carbocycles. The molecule has 0 saturated carbocycles. The summed E-state index contributed by atoms with van der Waals surface area (Å²) in [7, 11) is 0. The van der Waals surface area contributed by atoms with Gasteiger partial charge in [0.2, 0.25) is 5.91 Å². The maximum absolute atomic E-state index is 10.9. The number of carbonyl (C=O) groups excluding carboxylic acids is 2. The molecule has 0 heterocycles. The first-order valence-electron chi connectivity index (χ1n) is 4.89. The van der Waals surface area contributed by atoms with Gasteiger partial charge in [-0.2, -0.15) is 0 Å². The van der Waals surface area contributed by atoms with Gasteiger partial charge in [0.1, 0.15) is 11.5 Å². The van der Waals surface area contributed by atoms with Crippen molar-refractivity contribution in [3.8, 4) is 11.5 Å². The average Bonchev–Trinajstić information content (AvgIpc) is 2.19. The summed E-state index contributed by atoms with van der Waals surface area (Å²) >= 11 is 0. The summed E-state index contributed by atoms with van der Waals surface area (Å²) in [6.45, 7) is 2.98. The Bertz CT molecular complexity index is 492. The summed E-state index contributed by atoms with van der Waals surface area (Å²) in [5.41, 5.74) is 5.92. The fourth-order valence-corrected chi connectivity index (χ4v) is 1.26. The third-order valence-electron chi connectivity index (χ3n) is 2.01. The molecule has 0 aromatic heterocycles. The molecule has 0 radical (unpaired) electrons. The molecule has 0 saturated heterocycles. The number of phenols is 1. The lowest BCUT2D eigenvalue weighted by Gasteiger charge is -2.08. The molecular weight excluding hydrogens is 222 g/mol. The van der Waals surface area contributed by atoms with Gasteiger partial charge in [-0.15, -0.1) is 0 Å². The monoisotopic (exact) mass is 235 g/mol. The molecule has 0 bridgehead atoms. The molecule has 0 aliphatic rings. The van der Waals surface area contributed by atoms with Gasteiger partial charge < -0.3 is 15.6 Å². The third-order valence-corrected chi connectivity index (χ3v) is 2.01. The zero-order chi connectivity index (χ0) is 13.0. The van der Waals surface area contributed by atoms with E-state index in [9.17, 15) is 14.7 Å². The fraction of sp³-hybridized carbons (Fsp3) is 0.167. The largest absolute Gasteiger partial charge is 0.507 e. The van der Waals surface area contributed by atoms with E-state index in [1.54, 1.807) is 6.92 Å². The Kier molecular flexibility index (Phi) is 3.87. The minimum Gasteiger partial charge on any atom is -0.507 e. The zero-order valence-electron chi connectivity index (χ0n) is 9.56. The number of nitrogens with two attached hydrogens (primary N) is 1. The molecule has 17 heavy (non-hydrogen) atoms. The van der Waals surface area contributed by atoms with Gasteiger partial charge >= 0.3 is 5.97 Å². The first-order valence-corrected chi connectivity index (χ1v) is 4.89. The van der Waals surface area contributed by atoms with E-state index in [1.807, 2.05) is 0 Å². The van der Waals surface area contributed by atoms with Crippen LogP contribution < -0.4 is 10.5 Å². The van der Waals surface area contributed by atoms with Crippen LogP contribution in [0.2, 0.25) is 0 Å². The molecule has 90 valence electrons. The number of ether oxygens (including phenoxy) is 1. The van der Waals surface area contributed by atoms with E-state index in [0.717, 1.165) is 6.08 Å². The number of benzene rings is 1. The highest BCUT2D eigenvalue weighted by Gasteiger charge is 2.07. The number of primary amides is 1. The van der Waals surface area contributed by atoms with E-state index < -0.39 is 11.9 Å². The summed E-state index contributed by atoms with van der Waals surface area (Å²) < 4.78 is 4.95. The van der Waals surface area contributed by atoms with Gasteiger partial charge in [-0.25, -0.2) is 0 Å². The molecule has 0 atom stereocenters. The van der Waals surface area contributed by atoms with Gasteiger partial charge in [-0.3, -0.25) is 9.59 Å². The van der Waals surface area contributed by atoms with Crippen LogP contribution in [0.15, 0.2) is 18.2 Å². The maximum Gasteiger partial charge on any atom is 0.308 e. The molecule has 0 spiro atoms. The third kappa shape index (κ3) is 3.64. The Morgan fingerprint density at radius 3 is 2.59 bits per heavy atom. The molecule has 0 unspecified atom stereocenters. The minimum absolute atomic E-state index is 0.0177. The predicted octanol–water partition coefficient (Wildman–Crippen LogP) is 1.12. The molecule has 0 aliphatic heterocycles. The second kappa shape index (κ2) is 5.16. The van der Waals surface area contributed by atoms with Crippen LogP contribution in [0.25, 0.3) is 6.08 Å². The Labute approximate surface area is 98.5 Å². The number of aromatic hydroxyl groups is 1. The van der Waals surface area contributed by atoms with E-state index in [0.29, 0.717) is 16.9 Å².